The Balaban J connectivity index is 2.61. The molecule has 88 valence electrons. The highest BCUT2D eigenvalue weighted by molar-refractivity contribution is 5.94. The topological polar surface area (TPSA) is 84.6 Å². The Labute approximate surface area is 94.2 Å². The van der Waals surface area contributed by atoms with Crippen LogP contribution in [0.2, 0.25) is 0 Å². The van der Waals surface area contributed by atoms with Crippen LogP contribution in [0.5, 0.6) is 0 Å². The van der Waals surface area contributed by atoms with Crippen molar-refractivity contribution in [2.24, 2.45) is 5.73 Å². The number of carbonyl (C=O) groups excluding carboxylic acids is 1. The molecule has 0 aromatic heterocycles. The fraction of sp³-hybridized carbons (Fsp3) is 0.364. The normalized spacial score (nSPS) is 12.2. The largest absolute Gasteiger partial charge is 0.392 e. The molecule has 1 aromatic carbocycles. The predicted octanol–water partition coefficient (Wildman–Crippen LogP) is 0.0911. The minimum Gasteiger partial charge on any atom is -0.392 e. The predicted molar refractivity (Wildman–Crippen MR) is 60.8 cm³/mol. The lowest BCUT2D eigenvalue weighted by atomic mass is 10.2. The third-order valence-corrected chi connectivity index (χ3v) is 2.06. The molecule has 5 heteroatoms. The van der Waals surface area contributed by atoms with Gasteiger partial charge in [-0.25, -0.2) is 0 Å². The van der Waals surface area contributed by atoms with Crippen LogP contribution in [0.4, 0.5) is 5.69 Å². The smallest absolute Gasteiger partial charge is 0.243 e. The number of hydrogen-bond donors (Lipinski definition) is 3. The summed E-state index contributed by atoms with van der Waals surface area (Å²) in [7, 11) is 1.49. The molecule has 1 unspecified atom stereocenters. The number of amides is 1. The number of aliphatic hydroxyl groups is 1. The van der Waals surface area contributed by atoms with Gasteiger partial charge < -0.3 is 20.9 Å². The van der Waals surface area contributed by atoms with E-state index < -0.39 is 6.04 Å². The Bertz CT molecular complexity index is 355. The number of nitrogens with one attached hydrogen (secondary N) is 1. The van der Waals surface area contributed by atoms with Crippen LogP contribution in [0.15, 0.2) is 24.3 Å². The number of anilines is 1. The zero-order valence-corrected chi connectivity index (χ0v) is 9.14. The van der Waals surface area contributed by atoms with E-state index in [4.69, 9.17) is 15.6 Å². The van der Waals surface area contributed by atoms with Crippen LogP contribution in [0.3, 0.4) is 0 Å². The molecule has 0 aliphatic heterocycles. The number of hydrogen-bond acceptors (Lipinski definition) is 4. The van der Waals surface area contributed by atoms with Gasteiger partial charge in [0, 0.05) is 12.8 Å². The molecule has 0 saturated carbocycles. The summed E-state index contributed by atoms with van der Waals surface area (Å²) in [5.74, 6) is -0.308. The molecule has 0 aliphatic rings. The van der Waals surface area contributed by atoms with E-state index in [0.717, 1.165) is 5.56 Å². The number of benzene rings is 1. The summed E-state index contributed by atoms with van der Waals surface area (Å²) >= 11 is 0. The molecular formula is C11H16N2O3. The quantitative estimate of drug-likeness (QED) is 0.662. The van der Waals surface area contributed by atoms with Crippen molar-refractivity contribution in [3.05, 3.63) is 29.8 Å². The lowest BCUT2D eigenvalue weighted by molar-refractivity contribution is -0.118. The molecule has 1 aromatic rings. The summed E-state index contributed by atoms with van der Waals surface area (Å²) < 4.78 is 4.78. The minimum atomic E-state index is -0.692. The summed E-state index contributed by atoms with van der Waals surface area (Å²) in [4.78, 5) is 11.5. The summed E-state index contributed by atoms with van der Waals surface area (Å²) in [6.45, 7) is 0.110. The van der Waals surface area contributed by atoms with Crippen molar-refractivity contribution < 1.29 is 14.6 Å². The van der Waals surface area contributed by atoms with Crippen molar-refractivity contribution in [3.8, 4) is 0 Å². The summed E-state index contributed by atoms with van der Waals surface area (Å²) in [5, 5.41) is 11.6. The second-order valence-corrected chi connectivity index (χ2v) is 3.41. The average molecular weight is 224 g/mol. The van der Waals surface area contributed by atoms with Gasteiger partial charge in [0.15, 0.2) is 0 Å². The molecule has 5 nitrogen and oxygen atoms in total. The van der Waals surface area contributed by atoms with Crippen LogP contribution in [0.1, 0.15) is 5.56 Å². The maximum atomic E-state index is 11.5. The van der Waals surface area contributed by atoms with Gasteiger partial charge in [0.1, 0.15) is 6.04 Å². The summed E-state index contributed by atoms with van der Waals surface area (Å²) in [5.41, 5.74) is 6.91. The Morgan fingerprint density at radius 2 is 2.38 bits per heavy atom. The first-order valence-corrected chi connectivity index (χ1v) is 4.92. The van der Waals surface area contributed by atoms with Crippen LogP contribution >= 0.6 is 0 Å². The highest BCUT2D eigenvalue weighted by Crippen LogP contribution is 2.10. The van der Waals surface area contributed by atoms with E-state index >= 15 is 0 Å². The van der Waals surface area contributed by atoms with Crippen molar-refractivity contribution in [2.75, 3.05) is 19.0 Å². The zero-order valence-electron chi connectivity index (χ0n) is 9.14. The molecule has 1 amide bonds. The molecule has 0 spiro atoms. The van der Waals surface area contributed by atoms with Gasteiger partial charge in [0.05, 0.1) is 13.2 Å². The monoisotopic (exact) mass is 224 g/mol. The molecule has 0 saturated heterocycles. The zero-order chi connectivity index (χ0) is 12.0. The van der Waals surface area contributed by atoms with Crippen LogP contribution in [0, 0.1) is 0 Å². The first-order valence-electron chi connectivity index (χ1n) is 4.92. The Morgan fingerprint density at radius 1 is 1.62 bits per heavy atom. The van der Waals surface area contributed by atoms with Crippen molar-refractivity contribution in [1.29, 1.82) is 0 Å². The molecule has 1 rings (SSSR count). The first-order chi connectivity index (χ1) is 7.67. The van der Waals surface area contributed by atoms with Crippen molar-refractivity contribution in [2.45, 2.75) is 12.6 Å². The van der Waals surface area contributed by atoms with Gasteiger partial charge in [0.2, 0.25) is 5.91 Å². The van der Waals surface area contributed by atoms with E-state index in [1.54, 1.807) is 24.3 Å². The molecule has 0 aliphatic carbocycles. The second-order valence-electron chi connectivity index (χ2n) is 3.41. The van der Waals surface area contributed by atoms with Gasteiger partial charge in [-0.2, -0.15) is 0 Å². The standard InChI is InChI=1S/C11H16N2O3/c1-16-7-10(12)11(15)13-9-4-2-3-8(5-9)6-14/h2-5,10,14H,6-7,12H2,1H3,(H,13,15). The van der Waals surface area contributed by atoms with E-state index in [-0.39, 0.29) is 19.1 Å². The highest BCUT2D eigenvalue weighted by atomic mass is 16.5. The molecule has 4 N–H and O–H groups in total. The van der Waals surface area contributed by atoms with Crippen molar-refractivity contribution >= 4 is 11.6 Å². The SMILES string of the molecule is COCC(N)C(=O)Nc1cccc(CO)c1. The first kappa shape index (κ1) is 12.6. The molecule has 16 heavy (non-hydrogen) atoms. The van der Waals surface area contributed by atoms with Gasteiger partial charge in [-0.15, -0.1) is 0 Å². The lowest BCUT2D eigenvalue weighted by Crippen LogP contribution is -2.39. The van der Waals surface area contributed by atoms with E-state index in [1.807, 2.05) is 0 Å². The second kappa shape index (κ2) is 6.22. The fourth-order valence-electron chi connectivity index (χ4n) is 1.24. The third kappa shape index (κ3) is 3.62. The highest BCUT2D eigenvalue weighted by Gasteiger charge is 2.12. The number of nitrogens with two attached hydrogens (primary N) is 1. The van der Waals surface area contributed by atoms with Gasteiger partial charge in [-0.3, -0.25) is 4.79 Å². The molecule has 0 radical (unpaired) electrons. The van der Waals surface area contributed by atoms with Crippen LogP contribution in [-0.4, -0.2) is 30.8 Å². The Kier molecular flexibility index (Phi) is 4.91. The fourth-order valence-corrected chi connectivity index (χ4v) is 1.24. The lowest BCUT2D eigenvalue weighted by Gasteiger charge is -2.11. The van der Waals surface area contributed by atoms with E-state index in [2.05, 4.69) is 5.32 Å². The summed E-state index contributed by atoms with van der Waals surface area (Å²) in [6, 6.07) is 6.25. The number of aliphatic hydroxyl groups excluding tert-OH is 1. The number of carbonyl (C=O) groups is 1. The molecule has 0 heterocycles. The maximum Gasteiger partial charge on any atom is 0.243 e. The minimum absolute atomic E-state index is 0.0617. The van der Waals surface area contributed by atoms with Crippen LogP contribution in [-0.2, 0) is 16.1 Å². The Morgan fingerprint density at radius 3 is 3.00 bits per heavy atom. The molecule has 0 fully saturated rings. The van der Waals surface area contributed by atoms with Gasteiger partial charge in [-0.1, -0.05) is 12.1 Å². The van der Waals surface area contributed by atoms with Gasteiger partial charge in [0.25, 0.3) is 0 Å². The maximum absolute atomic E-state index is 11.5. The number of ether oxygens (including phenoxy) is 1. The Hall–Kier alpha value is -1.43. The van der Waals surface area contributed by atoms with E-state index in [0.29, 0.717) is 5.69 Å². The number of rotatable bonds is 5. The van der Waals surface area contributed by atoms with Crippen LogP contribution in [0.25, 0.3) is 0 Å². The molecule has 0 bridgehead atoms. The van der Waals surface area contributed by atoms with Crippen molar-refractivity contribution in [1.82, 2.24) is 0 Å². The molecule has 1 atom stereocenters. The molecular weight excluding hydrogens is 208 g/mol. The summed E-state index contributed by atoms with van der Waals surface area (Å²) in [6.07, 6.45) is 0. The van der Waals surface area contributed by atoms with E-state index in [9.17, 15) is 4.79 Å². The van der Waals surface area contributed by atoms with E-state index in [1.165, 1.54) is 7.11 Å². The van der Waals surface area contributed by atoms with Crippen LogP contribution < -0.4 is 11.1 Å². The third-order valence-electron chi connectivity index (χ3n) is 2.06. The average Bonchev–Trinajstić information content (AvgIpc) is 2.29. The van der Waals surface area contributed by atoms with Gasteiger partial charge >= 0.3 is 0 Å². The van der Waals surface area contributed by atoms with Crippen molar-refractivity contribution in [3.63, 3.8) is 0 Å². The van der Waals surface area contributed by atoms with Gasteiger partial charge in [-0.05, 0) is 17.7 Å². The number of methoxy groups -OCH3 is 1.